The van der Waals surface area contributed by atoms with Crippen LogP contribution < -0.4 is 5.32 Å². The van der Waals surface area contributed by atoms with E-state index in [0.29, 0.717) is 13.1 Å². The Balaban J connectivity index is 1.89. The molecule has 0 spiro atoms. The predicted octanol–water partition coefficient (Wildman–Crippen LogP) is 1.12. The second kappa shape index (κ2) is 7.13. The quantitative estimate of drug-likeness (QED) is 0.847. The number of piperidine rings is 1. The lowest BCUT2D eigenvalue weighted by Crippen LogP contribution is -2.49. The van der Waals surface area contributed by atoms with E-state index in [0.717, 1.165) is 18.5 Å². The van der Waals surface area contributed by atoms with Crippen molar-refractivity contribution in [2.24, 2.45) is 0 Å². The van der Waals surface area contributed by atoms with Gasteiger partial charge in [-0.3, -0.25) is 5.10 Å². The van der Waals surface area contributed by atoms with Crippen LogP contribution >= 0.6 is 0 Å². The summed E-state index contributed by atoms with van der Waals surface area (Å²) in [6.07, 6.45) is 3.66. The van der Waals surface area contributed by atoms with E-state index in [9.17, 15) is 13.2 Å². The molecule has 0 aromatic carbocycles. The Hall–Kier alpha value is -1.57. The van der Waals surface area contributed by atoms with Crippen molar-refractivity contribution in [3.8, 4) is 0 Å². The summed E-state index contributed by atoms with van der Waals surface area (Å²) in [4.78, 5) is 14.0. The molecule has 1 fully saturated rings. The highest BCUT2D eigenvalue weighted by Crippen LogP contribution is 2.25. The van der Waals surface area contributed by atoms with Crippen molar-refractivity contribution in [1.82, 2.24) is 20.4 Å². The van der Waals surface area contributed by atoms with Gasteiger partial charge in [-0.1, -0.05) is 6.92 Å². The lowest BCUT2D eigenvalue weighted by Gasteiger charge is -2.33. The van der Waals surface area contributed by atoms with Gasteiger partial charge in [0, 0.05) is 42.7 Å². The molecule has 1 aliphatic rings. The average Bonchev–Trinajstić information content (AvgIpc) is 3.01. The summed E-state index contributed by atoms with van der Waals surface area (Å²) in [6, 6.07) is 1.36. The van der Waals surface area contributed by atoms with E-state index < -0.39 is 9.84 Å². The number of sulfone groups is 1. The van der Waals surface area contributed by atoms with E-state index in [1.54, 1.807) is 24.9 Å². The van der Waals surface area contributed by atoms with Crippen LogP contribution in [0.2, 0.25) is 0 Å². The molecule has 2 atom stereocenters. The topological polar surface area (TPSA) is 95.2 Å². The minimum absolute atomic E-state index is 0.0208. The SMILES string of the molecule is CCS(=O)(=O)C[C@H](C)NC(=O)N1CCC[C@@H](c2ccn[nH]2)C1. The zero-order chi connectivity index (χ0) is 16.2. The van der Waals surface area contributed by atoms with Crippen molar-refractivity contribution in [3.63, 3.8) is 0 Å². The first-order valence-electron chi connectivity index (χ1n) is 7.66. The number of carbonyl (C=O) groups excluding carboxylic acids is 1. The summed E-state index contributed by atoms with van der Waals surface area (Å²) in [5.41, 5.74) is 1.04. The molecule has 2 amide bonds. The van der Waals surface area contributed by atoms with E-state index in [4.69, 9.17) is 0 Å². The first-order chi connectivity index (χ1) is 10.4. The summed E-state index contributed by atoms with van der Waals surface area (Å²) in [7, 11) is -3.09. The van der Waals surface area contributed by atoms with Gasteiger partial charge in [-0.2, -0.15) is 5.10 Å². The van der Waals surface area contributed by atoms with Crippen molar-refractivity contribution < 1.29 is 13.2 Å². The van der Waals surface area contributed by atoms with E-state index in [1.165, 1.54) is 0 Å². The molecule has 1 saturated heterocycles. The molecule has 22 heavy (non-hydrogen) atoms. The van der Waals surface area contributed by atoms with E-state index in [1.807, 2.05) is 6.07 Å². The van der Waals surface area contributed by atoms with Gasteiger partial charge in [0.15, 0.2) is 9.84 Å². The molecule has 0 radical (unpaired) electrons. The summed E-state index contributed by atoms with van der Waals surface area (Å²) in [5, 5.41) is 9.70. The summed E-state index contributed by atoms with van der Waals surface area (Å²) in [6.45, 7) is 4.66. The third-order valence-electron chi connectivity index (χ3n) is 3.98. The molecule has 1 aromatic rings. The highest BCUT2D eigenvalue weighted by molar-refractivity contribution is 7.91. The zero-order valence-corrected chi connectivity index (χ0v) is 13.9. The second-order valence-corrected chi connectivity index (χ2v) is 8.24. The number of H-pyrrole nitrogens is 1. The maximum absolute atomic E-state index is 12.3. The third kappa shape index (κ3) is 4.46. The largest absolute Gasteiger partial charge is 0.335 e. The molecule has 0 bridgehead atoms. The number of hydrogen-bond donors (Lipinski definition) is 2. The van der Waals surface area contributed by atoms with Crippen LogP contribution in [-0.4, -0.2) is 60.2 Å². The average molecular weight is 328 g/mol. The van der Waals surface area contributed by atoms with Crippen LogP contribution in [0.3, 0.4) is 0 Å². The lowest BCUT2D eigenvalue weighted by molar-refractivity contribution is 0.177. The van der Waals surface area contributed by atoms with Crippen LogP contribution in [0.1, 0.15) is 38.3 Å². The van der Waals surface area contributed by atoms with Gasteiger partial charge < -0.3 is 10.2 Å². The van der Waals surface area contributed by atoms with Crippen molar-refractivity contribution in [2.45, 2.75) is 38.6 Å². The van der Waals surface area contributed by atoms with Gasteiger partial charge in [-0.15, -0.1) is 0 Å². The fourth-order valence-electron chi connectivity index (χ4n) is 2.75. The van der Waals surface area contributed by atoms with Gasteiger partial charge in [0.1, 0.15) is 0 Å². The fraction of sp³-hybridized carbons (Fsp3) is 0.714. The van der Waals surface area contributed by atoms with Crippen LogP contribution in [-0.2, 0) is 9.84 Å². The normalized spacial score (nSPS) is 20.6. The van der Waals surface area contributed by atoms with E-state index in [2.05, 4.69) is 15.5 Å². The highest BCUT2D eigenvalue weighted by atomic mass is 32.2. The number of carbonyl (C=O) groups is 1. The van der Waals surface area contributed by atoms with Crippen LogP contribution in [0.4, 0.5) is 4.79 Å². The fourth-order valence-corrected chi connectivity index (χ4v) is 3.83. The molecule has 2 N–H and O–H groups in total. The number of amides is 2. The van der Waals surface area contributed by atoms with Crippen molar-refractivity contribution in [2.75, 3.05) is 24.6 Å². The van der Waals surface area contributed by atoms with Gasteiger partial charge in [0.05, 0.1) is 5.75 Å². The second-order valence-electron chi connectivity index (χ2n) is 5.85. The number of nitrogens with zero attached hydrogens (tertiary/aromatic N) is 2. The van der Waals surface area contributed by atoms with Gasteiger partial charge >= 0.3 is 6.03 Å². The van der Waals surface area contributed by atoms with E-state index >= 15 is 0 Å². The molecule has 0 saturated carbocycles. The molecule has 0 aliphatic carbocycles. The van der Waals surface area contributed by atoms with Crippen LogP contribution in [0.25, 0.3) is 0 Å². The maximum Gasteiger partial charge on any atom is 0.317 e. The molecule has 124 valence electrons. The number of hydrogen-bond acceptors (Lipinski definition) is 4. The standard InChI is InChI=1S/C14H24N4O3S/c1-3-22(20,21)10-11(2)16-14(19)18-8-4-5-12(9-18)13-6-7-15-17-13/h6-7,11-12H,3-5,8-10H2,1-2H3,(H,15,17)(H,16,19)/t11-,12+/m0/s1. The molecule has 8 heteroatoms. The van der Waals surface area contributed by atoms with Gasteiger partial charge in [0.25, 0.3) is 0 Å². The first kappa shape index (κ1) is 16.8. The number of likely N-dealkylation sites (tertiary alicyclic amines) is 1. The van der Waals surface area contributed by atoms with Gasteiger partial charge in [-0.25, -0.2) is 13.2 Å². The molecular weight excluding hydrogens is 304 g/mol. The highest BCUT2D eigenvalue weighted by Gasteiger charge is 2.26. The zero-order valence-electron chi connectivity index (χ0n) is 13.1. The van der Waals surface area contributed by atoms with Crippen molar-refractivity contribution in [3.05, 3.63) is 18.0 Å². The Morgan fingerprint density at radius 3 is 3.00 bits per heavy atom. The minimum atomic E-state index is -3.09. The number of nitrogens with one attached hydrogen (secondary N) is 2. The monoisotopic (exact) mass is 328 g/mol. The van der Waals surface area contributed by atoms with Crippen LogP contribution in [0.5, 0.6) is 0 Å². The predicted molar refractivity (Wildman–Crippen MR) is 84.5 cm³/mol. The Labute approximate surface area is 131 Å². The van der Waals surface area contributed by atoms with E-state index in [-0.39, 0.29) is 29.5 Å². The molecular formula is C14H24N4O3S. The Kier molecular flexibility index (Phi) is 5.44. The molecule has 7 nitrogen and oxygen atoms in total. The molecule has 2 rings (SSSR count). The molecule has 1 aromatic heterocycles. The Morgan fingerprint density at radius 2 is 2.36 bits per heavy atom. The van der Waals surface area contributed by atoms with Gasteiger partial charge in [-0.05, 0) is 25.8 Å². The summed E-state index contributed by atoms with van der Waals surface area (Å²) < 4.78 is 23.2. The minimum Gasteiger partial charge on any atom is -0.335 e. The number of urea groups is 1. The number of rotatable bonds is 5. The smallest absolute Gasteiger partial charge is 0.317 e. The molecule has 1 aliphatic heterocycles. The maximum atomic E-state index is 12.3. The lowest BCUT2D eigenvalue weighted by atomic mass is 9.95. The van der Waals surface area contributed by atoms with Crippen molar-refractivity contribution in [1.29, 1.82) is 0 Å². The van der Waals surface area contributed by atoms with Crippen molar-refractivity contribution >= 4 is 15.9 Å². The molecule has 0 unspecified atom stereocenters. The van der Waals surface area contributed by atoms with Crippen LogP contribution in [0, 0.1) is 0 Å². The molecule has 2 heterocycles. The first-order valence-corrected chi connectivity index (χ1v) is 9.48. The number of aromatic nitrogens is 2. The van der Waals surface area contributed by atoms with Gasteiger partial charge in [0.2, 0.25) is 0 Å². The summed E-state index contributed by atoms with van der Waals surface area (Å²) in [5.74, 6) is 0.336. The summed E-state index contributed by atoms with van der Waals surface area (Å²) >= 11 is 0. The van der Waals surface area contributed by atoms with Crippen LogP contribution in [0.15, 0.2) is 12.3 Å². The Bertz CT molecular complexity index is 585. The third-order valence-corrected chi connectivity index (χ3v) is 5.87. The Morgan fingerprint density at radius 1 is 1.59 bits per heavy atom. The number of aromatic amines is 1.